The molecule has 2 aromatic heterocycles. The van der Waals surface area contributed by atoms with E-state index < -0.39 is 11.9 Å². The highest BCUT2D eigenvalue weighted by molar-refractivity contribution is 7.99. The molecule has 0 spiro atoms. The smallest absolute Gasteiger partial charge is 0.348 e. The van der Waals surface area contributed by atoms with Crippen molar-refractivity contribution in [2.24, 2.45) is 0 Å². The lowest BCUT2D eigenvalue weighted by atomic mass is 10.2. The highest BCUT2D eigenvalue weighted by Gasteiger charge is 2.18. The van der Waals surface area contributed by atoms with Crippen LogP contribution in [0.4, 0.5) is 5.69 Å². The fourth-order valence-corrected chi connectivity index (χ4v) is 5.04. The van der Waals surface area contributed by atoms with Gasteiger partial charge < -0.3 is 19.8 Å². The first-order valence-electron chi connectivity index (χ1n) is 10.0. The minimum absolute atomic E-state index is 0.248. The van der Waals surface area contributed by atoms with E-state index in [0.717, 1.165) is 14.5 Å². The molecule has 33 heavy (non-hydrogen) atoms. The third kappa shape index (κ3) is 5.10. The number of amides is 1. The fourth-order valence-electron chi connectivity index (χ4n) is 3.12. The van der Waals surface area contributed by atoms with Gasteiger partial charge in [0.05, 0.1) is 29.5 Å². The first kappa shape index (κ1) is 22.6. The van der Waals surface area contributed by atoms with E-state index in [9.17, 15) is 14.4 Å². The summed E-state index contributed by atoms with van der Waals surface area (Å²) in [6, 6.07) is 18.2. The van der Waals surface area contributed by atoms with Crippen LogP contribution in [0.3, 0.4) is 0 Å². The molecular weight excluding hydrogens is 460 g/mol. The number of carbonyl (C=O) groups excluding carboxylic acids is 3. The van der Waals surface area contributed by atoms with Crippen LogP contribution in [0.2, 0.25) is 0 Å². The first-order chi connectivity index (χ1) is 16.0. The van der Waals surface area contributed by atoms with Crippen LogP contribution in [0.15, 0.2) is 70.5 Å². The average Bonchev–Trinajstić information content (AvgIpc) is 3.40. The van der Waals surface area contributed by atoms with Crippen molar-refractivity contribution in [3.05, 3.63) is 76.8 Å². The Morgan fingerprint density at radius 3 is 2.52 bits per heavy atom. The third-order valence-electron chi connectivity index (χ3n) is 4.64. The summed E-state index contributed by atoms with van der Waals surface area (Å²) in [4.78, 5) is 42.2. The summed E-state index contributed by atoms with van der Waals surface area (Å²) in [5.41, 5.74) is 1.85. The van der Waals surface area contributed by atoms with E-state index in [2.05, 4.69) is 10.3 Å². The number of fused-ring (bicyclic) bond motifs is 1. The maximum Gasteiger partial charge on any atom is 0.348 e. The van der Waals surface area contributed by atoms with Crippen LogP contribution in [0, 0.1) is 0 Å². The molecule has 7 nitrogen and oxygen atoms in total. The number of ether oxygens (including phenoxy) is 2. The van der Waals surface area contributed by atoms with Crippen LogP contribution < -0.4 is 5.32 Å². The lowest BCUT2D eigenvalue weighted by Gasteiger charge is -2.11. The number of esters is 2. The summed E-state index contributed by atoms with van der Waals surface area (Å²) in [6.07, 6.45) is 0. The Morgan fingerprint density at radius 2 is 1.82 bits per heavy atom. The Hall–Kier alpha value is -3.56. The summed E-state index contributed by atoms with van der Waals surface area (Å²) in [6.45, 7) is 1.99. The molecule has 4 aromatic rings. The van der Waals surface area contributed by atoms with Gasteiger partial charge in [-0.2, -0.15) is 0 Å². The van der Waals surface area contributed by atoms with Crippen molar-refractivity contribution in [2.45, 2.75) is 16.7 Å². The molecule has 0 atom stereocenters. The van der Waals surface area contributed by atoms with Gasteiger partial charge in [0, 0.05) is 15.5 Å². The molecule has 1 amide bonds. The number of hydrogen-bond acceptors (Lipinski definition) is 7. The van der Waals surface area contributed by atoms with E-state index in [1.165, 1.54) is 30.2 Å². The van der Waals surface area contributed by atoms with E-state index in [4.69, 9.17) is 9.47 Å². The molecule has 0 aliphatic carbocycles. The zero-order valence-electron chi connectivity index (χ0n) is 17.8. The molecule has 2 aromatic carbocycles. The second kappa shape index (κ2) is 9.93. The van der Waals surface area contributed by atoms with E-state index in [-0.39, 0.29) is 12.5 Å². The van der Waals surface area contributed by atoms with Gasteiger partial charge in [-0.05, 0) is 49.4 Å². The van der Waals surface area contributed by atoms with Gasteiger partial charge in [-0.15, -0.1) is 11.3 Å². The first-order valence-corrected chi connectivity index (χ1v) is 11.7. The number of nitrogens with one attached hydrogen (secondary N) is 2. The number of carbonyl (C=O) groups is 3. The number of thiophene rings is 1. The van der Waals surface area contributed by atoms with E-state index >= 15 is 0 Å². The summed E-state index contributed by atoms with van der Waals surface area (Å²) in [5.74, 6) is -1.24. The SMILES string of the molecule is CCOC(=O)c1cc(NC(=O)c2cc3sc(C(=O)OC)cc3[nH]2)ccc1Sc1ccccc1. The largest absolute Gasteiger partial charge is 0.465 e. The number of H-pyrrole nitrogens is 1. The molecule has 168 valence electrons. The van der Waals surface area contributed by atoms with Crippen molar-refractivity contribution in [1.82, 2.24) is 4.98 Å². The normalized spacial score (nSPS) is 10.7. The number of benzene rings is 2. The summed E-state index contributed by atoms with van der Waals surface area (Å²) in [5, 5.41) is 2.81. The molecule has 0 saturated heterocycles. The highest BCUT2D eigenvalue weighted by atomic mass is 32.2. The van der Waals surface area contributed by atoms with E-state index in [0.29, 0.717) is 27.3 Å². The average molecular weight is 481 g/mol. The summed E-state index contributed by atoms with van der Waals surface area (Å²) < 4.78 is 10.7. The zero-order chi connectivity index (χ0) is 23.4. The molecule has 2 N–H and O–H groups in total. The Labute approximate surface area is 198 Å². The predicted octanol–water partition coefficient (Wildman–Crippen LogP) is 5.60. The van der Waals surface area contributed by atoms with Crippen LogP contribution in [0.5, 0.6) is 0 Å². The molecule has 4 rings (SSSR count). The molecule has 0 bridgehead atoms. The van der Waals surface area contributed by atoms with Crippen molar-refractivity contribution in [1.29, 1.82) is 0 Å². The van der Waals surface area contributed by atoms with Crippen LogP contribution in [-0.2, 0) is 9.47 Å². The minimum Gasteiger partial charge on any atom is -0.465 e. The number of rotatable bonds is 7. The maximum absolute atomic E-state index is 12.8. The molecule has 0 saturated carbocycles. The lowest BCUT2D eigenvalue weighted by Crippen LogP contribution is -2.13. The Morgan fingerprint density at radius 1 is 1.03 bits per heavy atom. The van der Waals surface area contributed by atoms with Gasteiger partial charge in [-0.3, -0.25) is 4.79 Å². The topological polar surface area (TPSA) is 97.5 Å². The zero-order valence-corrected chi connectivity index (χ0v) is 19.5. The van der Waals surface area contributed by atoms with E-state index in [1.807, 2.05) is 30.3 Å². The van der Waals surface area contributed by atoms with Gasteiger partial charge in [-0.1, -0.05) is 30.0 Å². The van der Waals surface area contributed by atoms with Gasteiger partial charge >= 0.3 is 11.9 Å². The van der Waals surface area contributed by atoms with Gasteiger partial charge in [0.2, 0.25) is 0 Å². The molecule has 0 radical (unpaired) electrons. The number of aromatic amines is 1. The molecular formula is C24H20N2O5S2. The monoisotopic (exact) mass is 480 g/mol. The molecule has 0 aliphatic heterocycles. The maximum atomic E-state index is 12.8. The third-order valence-corrected chi connectivity index (χ3v) is 6.79. The molecule has 0 aliphatic rings. The van der Waals surface area contributed by atoms with Gasteiger partial charge in [-0.25, -0.2) is 9.59 Å². The van der Waals surface area contributed by atoms with Gasteiger partial charge in [0.25, 0.3) is 5.91 Å². The van der Waals surface area contributed by atoms with Gasteiger partial charge in [0.1, 0.15) is 10.6 Å². The summed E-state index contributed by atoms with van der Waals surface area (Å²) in [7, 11) is 1.32. The fraction of sp³-hybridized carbons (Fsp3) is 0.125. The number of hydrogen-bond donors (Lipinski definition) is 2. The Kier molecular flexibility index (Phi) is 6.81. The molecule has 0 fully saturated rings. The van der Waals surface area contributed by atoms with Crippen molar-refractivity contribution in [2.75, 3.05) is 19.0 Å². The molecule has 2 heterocycles. The highest BCUT2D eigenvalue weighted by Crippen LogP contribution is 2.33. The molecule has 0 unspecified atom stereocenters. The number of aromatic nitrogens is 1. The van der Waals surface area contributed by atoms with Crippen molar-refractivity contribution in [3.8, 4) is 0 Å². The van der Waals surface area contributed by atoms with Gasteiger partial charge in [0.15, 0.2) is 0 Å². The standard InChI is InChI=1S/C24H20N2O5S2/c1-3-31-23(28)16-11-14(9-10-19(16)32-15-7-5-4-6-8-15)25-22(27)18-13-20-17(26-18)12-21(33-20)24(29)30-2/h4-13,26H,3H2,1-2H3,(H,25,27). The number of anilines is 1. The second-order valence-corrected chi connectivity index (χ2v) is 9.06. The minimum atomic E-state index is -0.456. The van der Waals surface area contributed by atoms with Crippen molar-refractivity contribution >= 4 is 56.8 Å². The van der Waals surface area contributed by atoms with Crippen LogP contribution in [0.25, 0.3) is 10.2 Å². The molecule has 9 heteroatoms. The van der Waals surface area contributed by atoms with Crippen LogP contribution in [-0.4, -0.2) is 36.5 Å². The predicted molar refractivity (Wildman–Crippen MR) is 128 cm³/mol. The number of methoxy groups -OCH3 is 1. The Balaban J connectivity index is 1.56. The summed E-state index contributed by atoms with van der Waals surface area (Å²) >= 11 is 2.69. The van der Waals surface area contributed by atoms with Crippen LogP contribution >= 0.6 is 23.1 Å². The van der Waals surface area contributed by atoms with E-state index in [1.54, 1.807) is 37.3 Å². The van der Waals surface area contributed by atoms with Crippen molar-refractivity contribution in [3.63, 3.8) is 0 Å². The lowest BCUT2D eigenvalue weighted by molar-refractivity contribution is 0.0521. The quantitative estimate of drug-likeness (QED) is 0.334. The second-order valence-electron chi connectivity index (χ2n) is 6.86. The van der Waals surface area contributed by atoms with Crippen LogP contribution in [0.1, 0.15) is 37.4 Å². The van der Waals surface area contributed by atoms with Crippen molar-refractivity contribution < 1.29 is 23.9 Å². The Bertz CT molecular complexity index is 1300.